The minimum absolute atomic E-state index is 0.0188. The predicted octanol–water partition coefficient (Wildman–Crippen LogP) is 4.19. The van der Waals surface area contributed by atoms with Crippen LogP contribution >= 0.6 is 11.8 Å². The Bertz CT molecular complexity index is 713. The van der Waals surface area contributed by atoms with Crippen molar-refractivity contribution in [1.29, 1.82) is 0 Å². The molecule has 1 atom stereocenters. The maximum atomic E-state index is 12.4. The monoisotopic (exact) mass is 329 g/mol. The second-order valence-corrected chi connectivity index (χ2v) is 6.32. The SMILES string of the molecule is CC(=O)SC(CC(=O)c1ccccc1)c1ccc([N+](=O)[O-])cc1. The molecule has 0 spiro atoms. The number of nitrogens with zero attached hydrogens (tertiary/aromatic N) is 1. The number of benzene rings is 2. The molecule has 0 heterocycles. The number of non-ortho nitro benzene ring substituents is 1. The Labute approximate surface area is 137 Å². The van der Waals surface area contributed by atoms with Crippen LogP contribution in [0.25, 0.3) is 0 Å². The van der Waals surface area contributed by atoms with Gasteiger partial charge in [0.2, 0.25) is 0 Å². The lowest BCUT2D eigenvalue weighted by molar-refractivity contribution is -0.384. The molecule has 1 unspecified atom stereocenters. The third-order valence-corrected chi connectivity index (χ3v) is 4.31. The number of carbonyl (C=O) groups is 2. The van der Waals surface area contributed by atoms with E-state index in [1.807, 2.05) is 6.07 Å². The van der Waals surface area contributed by atoms with Gasteiger partial charge in [0.15, 0.2) is 10.9 Å². The number of ketones is 1. The Morgan fingerprint density at radius 3 is 2.22 bits per heavy atom. The molecule has 2 rings (SSSR count). The first-order valence-electron chi connectivity index (χ1n) is 6.97. The Balaban J connectivity index is 2.21. The highest BCUT2D eigenvalue weighted by atomic mass is 32.2. The largest absolute Gasteiger partial charge is 0.294 e. The van der Waals surface area contributed by atoms with Gasteiger partial charge in [-0.3, -0.25) is 19.7 Å². The van der Waals surface area contributed by atoms with Crippen LogP contribution in [0.4, 0.5) is 5.69 Å². The van der Waals surface area contributed by atoms with E-state index < -0.39 is 4.92 Å². The molecule has 0 aliphatic carbocycles. The predicted molar refractivity (Wildman–Crippen MR) is 89.5 cm³/mol. The molecular formula is C17H15NO4S. The van der Waals surface area contributed by atoms with Crippen molar-refractivity contribution in [2.45, 2.75) is 18.6 Å². The summed E-state index contributed by atoms with van der Waals surface area (Å²) in [6.45, 7) is 1.44. The molecule has 5 nitrogen and oxygen atoms in total. The normalized spacial score (nSPS) is 11.7. The summed E-state index contributed by atoms with van der Waals surface area (Å²) in [5.41, 5.74) is 1.29. The van der Waals surface area contributed by atoms with Crippen LogP contribution in [-0.2, 0) is 4.79 Å². The number of nitro benzene ring substituents is 1. The van der Waals surface area contributed by atoms with Crippen LogP contribution in [-0.4, -0.2) is 15.8 Å². The zero-order valence-corrected chi connectivity index (χ0v) is 13.3. The number of rotatable bonds is 6. The van der Waals surface area contributed by atoms with E-state index in [2.05, 4.69) is 0 Å². The molecule has 0 bridgehead atoms. The van der Waals surface area contributed by atoms with Crippen molar-refractivity contribution in [2.75, 3.05) is 0 Å². The lowest BCUT2D eigenvalue weighted by Crippen LogP contribution is -2.07. The standard InChI is InChI=1S/C17H15NO4S/c1-12(19)23-17(11-16(20)13-5-3-2-4-6-13)14-7-9-15(10-8-14)18(21)22/h2-10,17H,11H2,1H3. The first-order chi connectivity index (χ1) is 11.0. The molecule has 0 saturated heterocycles. The minimum Gasteiger partial charge on any atom is -0.294 e. The molecule has 23 heavy (non-hydrogen) atoms. The summed E-state index contributed by atoms with van der Waals surface area (Å²) in [7, 11) is 0. The fourth-order valence-electron chi connectivity index (χ4n) is 2.15. The van der Waals surface area contributed by atoms with E-state index in [1.165, 1.54) is 19.1 Å². The van der Waals surface area contributed by atoms with Gasteiger partial charge < -0.3 is 0 Å². The van der Waals surface area contributed by atoms with Crippen molar-refractivity contribution in [3.05, 3.63) is 75.8 Å². The molecule has 0 N–H and O–H groups in total. The van der Waals surface area contributed by atoms with E-state index in [9.17, 15) is 19.7 Å². The zero-order valence-electron chi connectivity index (χ0n) is 12.5. The molecule has 0 aromatic heterocycles. The number of hydrogen-bond donors (Lipinski definition) is 0. The fourth-order valence-corrected chi connectivity index (χ4v) is 3.08. The summed E-state index contributed by atoms with van der Waals surface area (Å²) in [6, 6.07) is 14.8. The first kappa shape index (κ1) is 16.9. The highest BCUT2D eigenvalue weighted by molar-refractivity contribution is 8.13. The summed E-state index contributed by atoms with van der Waals surface area (Å²) in [6.07, 6.45) is 0.159. The third kappa shape index (κ3) is 4.75. The zero-order chi connectivity index (χ0) is 16.8. The molecule has 0 amide bonds. The summed E-state index contributed by atoms with van der Waals surface area (Å²) in [5, 5.41) is 10.3. The van der Waals surface area contributed by atoms with Crippen molar-refractivity contribution in [3.63, 3.8) is 0 Å². The average Bonchev–Trinajstić information content (AvgIpc) is 2.54. The van der Waals surface area contributed by atoms with E-state index in [1.54, 1.807) is 36.4 Å². The van der Waals surface area contributed by atoms with Gasteiger partial charge in [0.1, 0.15) is 0 Å². The Kier molecular flexibility index (Phi) is 5.65. The van der Waals surface area contributed by atoms with Crippen LogP contribution in [0.2, 0.25) is 0 Å². The van der Waals surface area contributed by atoms with Gasteiger partial charge >= 0.3 is 0 Å². The van der Waals surface area contributed by atoms with E-state index in [0.29, 0.717) is 5.56 Å². The molecule has 118 valence electrons. The molecule has 2 aromatic rings. The van der Waals surface area contributed by atoms with Crippen LogP contribution in [0.5, 0.6) is 0 Å². The van der Waals surface area contributed by atoms with Gasteiger partial charge in [-0.2, -0.15) is 0 Å². The molecule has 0 aliphatic heterocycles. The van der Waals surface area contributed by atoms with Gasteiger partial charge in [-0.15, -0.1) is 0 Å². The maximum absolute atomic E-state index is 12.4. The van der Waals surface area contributed by atoms with Crippen LogP contribution in [0.15, 0.2) is 54.6 Å². The quantitative estimate of drug-likeness (QED) is 0.451. The number of nitro groups is 1. The minimum atomic E-state index is -0.480. The van der Waals surface area contributed by atoms with Gasteiger partial charge in [0.25, 0.3) is 5.69 Å². The number of thioether (sulfide) groups is 1. The topological polar surface area (TPSA) is 77.3 Å². The fraction of sp³-hybridized carbons (Fsp3) is 0.176. The summed E-state index contributed by atoms with van der Waals surface area (Å²) >= 11 is 1.06. The average molecular weight is 329 g/mol. The molecule has 0 aliphatic rings. The number of Topliss-reactive ketones (excluding diaryl/α,β-unsaturated/α-hetero) is 1. The maximum Gasteiger partial charge on any atom is 0.269 e. The highest BCUT2D eigenvalue weighted by Crippen LogP contribution is 2.34. The molecule has 0 saturated carbocycles. The Morgan fingerprint density at radius 2 is 1.70 bits per heavy atom. The lowest BCUT2D eigenvalue weighted by Gasteiger charge is -2.14. The summed E-state index contributed by atoms with van der Waals surface area (Å²) in [4.78, 5) is 34.1. The van der Waals surface area contributed by atoms with Crippen molar-refractivity contribution >= 4 is 28.3 Å². The van der Waals surface area contributed by atoms with Gasteiger partial charge in [-0.25, -0.2) is 0 Å². The highest BCUT2D eigenvalue weighted by Gasteiger charge is 2.20. The smallest absolute Gasteiger partial charge is 0.269 e. The second-order valence-electron chi connectivity index (χ2n) is 4.94. The van der Waals surface area contributed by atoms with Crippen LogP contribution in [0.1, 0.15) is 34.5 Å². The lowest BCUT2D eigenvalue weighted by atomic mass is 10.0. The van der Waals surface area contributed by atoms with Crippen LogP contribution in [0, 0.1) is 10.1 Å². The summed E-state index contributed by atoms with van der Waals surface area (Å²) < 4.78 is 0. The third-order valence-electron chi connectivity index (χ3n) is 3.25. The van der Waals surface area contributed by atoms with E-state index >= 15 is 0 Å². The van der Waals surface area contributed by atoms with Crippen molar-refractivity contribution in [3.8, 4) is 0 Å². The molecule has 0 radical (unpaired) electrons. The van der Waals surface area contributed by atoms with Gasteiger partial charge in [0, 0.05) is 36.3 Å². The Hall–Kier alpha value is -2.47. The van der Waals surface area contributed by atoms with Gasteiger partial charge in [-0.1, -0.05) is 54.2 Å². The van der Waals surface area contributed by atoms with Gasteiger partial charge in [0.05, 0.1) is 4.92 Å². The van der Waals surface area contributed by atoms with Crippen molar-refractivity contribution in [2.24, 2.45) is 0 Å². The second kappa shape index (κ2) is 7.69. The van der Waals surface area contributed by atoms with E-state index in [4.69, 9.17) is 0 Å². The molecular weight excluding hydrogens is 314 g/mol. The Morgan fingerprint density at radius 1 is 1.09 bits per heavy atom. The van der Waals surface area contributed by atoms with Crippen molar-refractivity contribution < 1.29 is 14.5 Å². The molecule has 6 heteroatoms. The van der Waals surface area contributed by atoms with E-state index in [-0.39, 0.29) is 28.3 Å². The molecule has 0 fully saturated rings. The summed E-state index contributed by atoms with van der Waals surface area (Å²) in [5.74, 6) is -0.0669. The van der Waals surface area contributed by atoms with Crippen LogP contribution in [0.3, 0.4) is 0 Å². The van der Waals surface area contributed by atoms with Gasteiger partial charge in [-0.05, 0) is 5.56 Å². The van der Waals surface area contributed by atoms with Crippen LogP contribution < -0.4 is 0 Å². The number of carbonyl (C=O) groups excluding carboxylic acids is 2. The van der Waals surface area contributed by atoms with Crippen molar-refractivity contribution in [1.82, 2.24) is 0 Å². The number of hydrogen-bond acceptors (Lipinski definition) is 5. The van der Waals surface area contributed by atoms with E-state index in [0.717, 1.165) is 17.3 Å². The first-order valence-corrected chi connectivity index (χ1v) is 7.85. The molecule has 2 aromatic carbocycles.